The number of hydrogen-bond donors (Lipinski definition) is 0. The summed E-state index contributed by atoms with van der Waals surface area (Å²) in [6, 6.07) is 1.65. The van der Waals surface area contributed by atoms with Gasteiger partial charge in [0.15, 0.2) is 23.3 Å². The highest BCUT2D eigenvalue weighted by Crippen LogP contribution is 2.30. The summed E-state index contributed by atoms with van der Waals surface area (Å²) < 4.78 is 78.6. The Labute approximate surface area is 91.5 Å². The van der Waals surface area contributed by atoms with E-state index >= 15 is 0 Å². The van der Waals surface area contributed by atoms with E-state index in [4.69, 9.17) is 0 Å². The second-order valence-corrected chi connectivity index (χ2v) is 3.38. The average Bonchev–Trinajstić information content (AvgIpc) is 2.30. The molecule has 0 atom stereocenters. The second-order valence-electron chi connectivity index (χ2n) is 3.38. The zero-order valence-corrected chi connectivity index (χ0v) is 8.27. The Kier molecular flexibility index (Phi) is 2.52. The molecule has 0 unspecified atom stereocenters. The number of benzene rings is 2. The van der Waals surface area contributed by atoms with Gasteiger partial charge in [-0.05, 0) is 6.92 Å². The van der Waals surface area contributed by atoms with Gasteiger partial charge in [0, 0.05) is 17.0 Å². The third-order valence-corrected chi connectivity index (χ3v) is 2.38. The number of hydrogen-bond acceptors (Lipinski definition) is 0. The van der Waals surface area contributed by atoms with E-state index in [0.29, 0.717) is 0 Å². The van der Waals surface area contributed by atoms with E-state index < -0.39 is 51.2 Å². The smallest absolute Gasteiger partial charge is 0.198 e. The van der Waals surface area contributed by atoms with Gasteiger partial charge in [-0.2, -0.15) is 0 Å². The van der Waals surface area contributed by atoms with E-state index in [1.54, 1.807) is 6.07 Å². The lowest BCUT2D eigenvalue weighted by atomic mass is 10.0. The van der Waals surface area contributed by atoms with Crippen molar-refractivity contribution in [2.24, 2.45) is 0 Å². The molecule has 0 aliphatic heterocycles. The van der Waals surface area contributed by atoms with Gasteiger partial charge in [-0.1, -0.05) is 0 Å². The van der Waals surface area contributed by atoms with Crippen LogP contribution in [0.4, 0.5) is 26.3 Å². The minimum atomic E-state index is -2.15. The van der Waals surface area contributed by atoms with Crippen LogP contribution >= 0.6 is 0 Å². The van der Waals surface area contributed by atoms with E-state index in [1.165, 1.54) is 0 Å². The fourth-order valence-corrected chi connectivity index (χ4v) is 1.44. The monoisotopic (exact) mass is 249 g/mol. The van der Waals surface area contributed by atoms with Crippen molar-refractivity contribution >= 4 is 10.8 Å². The molecule has 0 nitrogen and oxygen atoms in total. The van der Waals surface area contributed by atoms with Crippen LogP contribution in [0.15, 0.2) is 0 Å². The largest absolute Gasteiger partial charge is 0.206 e. The van der Waals surface area contributed by atoms with Crippen LogP contribution in [0, 0.1) is 47.9 Å². The lowest BCUT2D eigenvalue weighted by molar-refractivity contribution is 0.415. The minimum absolute atomic E-state index is 0.651. The second kappa shape index (κ2) is 3.65. The van der Waals surface area contributed by atoms with Crippen LogP contribution in [0.3, 0.4) is 0 Å². The van der Waals surface area contributed by atoms with Crippen molar-refractivity contribution in [3.8, 4) is 0 Å². The van der Waals surface area contributed by atoms with Crippen molar-refractivity contribution in [1.29, 1.82) is 0 Å². The first-order chi connectivity index (χ1) is 7.86. The Morgan fingerprint density at radius 2 is 1.24 bits per heavy atom. The van der Waals surface area contributed by atoms with Gasteiger partial charge in [0.25, 0.3) is 0 Å². The van der Waals surface area contributed by atoms with Gasteiger partial charge in [-0.3, -0.25) is 0 Å². The molecule has 0 aliphatic rings. The Hall–Kier alpha value is -1.72. The summed E-state index contributed by atoms with van der Waals surface area (Å²) in [5, 5.41) is -2.25. The molecule has 0 N–H and O–H groups in total. The van der Waals surface area contributed by atoms with Crippen molar-refractivity contribution in [3.05, 3.63) is 46.5 Å². The summed E-state index contributed by atoms with van der Waals surface area (Å²) in [4.78, 5) is 0. The third kappa shape index (κ3) is 1.47. The average molecular weight is 249 g/mol. The first-order valence-corrected chi connectivity index (χ1v) is 4.38. The molecule has 0 spiro atoms. The van der Waals surface area contributed by atoms with Crippen LogP contribution in [0.2, 0.25) is 0 Å². The maximum absolute atomic E-state index is 13.5. The quantitative estimate of drug-likeness (QED) is 0.378. The van der Waals surface area contributed by atoms with Crippen LogP contribution in [0.1, 0.15) is 5.56 Å². The normalized spacial score (nSPS) is 11.2. The standard InChI is InChI=1S/C11H3F6/c1-3-5(12)2-4-6(7(3)13)9(15)11(17)10(16)8(4)14/h1H3. The molecule has 0 bridgehead atoms. The van der Waals surface area contributed by atoms with Gasteiger partial charge in [0.1, 0.15) is 11.6 Å². The molecular weight excluding hydrogens is 246 g/mol. The highest BCUT2D eigenvalue weighted by Gasteiger charge is 2.25. The number of fused-ring (bicyclic) bond motifs is 1. The summed E-state index contributed by atoms with van der Waals surface area (Å²) in [5.41, 5.74) is -0.651. The number of halogens is 6. The van der Waals surface area contributed by atoms with Gasteiger partial charge in [0.2, 0.25) is 0 Å². The molecule has 89 valence electrons. The van der Waals surface area contributed by atoms with Gasteiger partial charge < -0.3 is 0 Å². The Balaban J connectivity index is 3.12. The molecule has 0 aromatic heterocycles. The molecule has 17 heavy (non-hydrogen) atoms. The van der Waals surface area contributed by atoms with Gasteiger partial charge in [-0.15, -0.1) is 0 Å². The van der Waals surface area contributed by atoms with Gasteiger partial charge in [-0.25, -0.2) is 26.3 Å². The maximum atomic E-state index is 13.5. The van der Waals surface area contributed by atoms with E-state index in [2.05, 4.69) is 0 Å². The summed E-state index contributed by atoms with van der Waals surface area (Å²) in [6.07, 6.45) is 0. The van der Waals surface area contributed by atoms with Crippen molar-refractivity contribution < 1.29 is 26.3 Å². The summed E-state index contributed by atoms with van der Waals surface area (Å²) in [7, 11) is 0. The van der Waals surface area contributed by atoms with E-state index in [9.17, 15) is 26.3 Å². The Bertz CT molecular complexity index is 624. The molecular formula is C11H3F6. The predicted molar refractivity (Wildman–Crippen MR) is 47.3 cm³/mol. The Morgan fingerprint density at radius 3 is 1.82 bits per heavy atom. The molecule has 2 rings (SSSR count). The van der Waals surface area contributed by atoms with Gasteiger partial charge >= 0.3 is 0 Å². The molecule has 1 radical (unpaired) electrons. The molecule has 0 saturated carbocycles. The highest BCUT2D eigenvalue weighted by molar-refractivity contribution is 5.85. The molecule has 6 heteroatoms. The zero-order chi connectivity index (χ0) is 12.9. The van der Waals surface area contributed by atoms with Crippen molar-refractivity contribution in [3.63, 3.8) is 0 Å². The fraction of sp³-hybridized carbons (Fsp3) is 0.0909. The predicted octanol–water partition coefficient (Wildman–Crippen LogP) is 3.78. The molecule has 2 aromatic carbocycles. The van der Waals surface area contributed by atoms with Crippen LogP contribution in [0.5, 0.6) is 0 Å². The van der Waals surface area contributed by atoms with Crippen LogP contribution in [-0.4, -0.2) is 0 Å². The SMILES string of the molecule is Cc1c(F)[c]c2c(F)c(F)c(F)c(F)c2c1F. The van der Waals surface area contributed by atoms with Crippen molar-refractivity contribution in [2.75, 3.05) is 0 Å². The lowest BCUT2D eigenvalue weighted by Crippen LogP contribution is -2.02. The molecule has 0 fully saturated rings. The lowest BCUT2D eigenvalue weighted by Gasteiger charge is -2.07. The summed E-state index contributed by atoms with van der Waals surface area (Å²) in [5.74, 6) is -10.8. The van der Waals surface area contributed by atoms with E-state index in [0.717, 1.165) is 6.92 Å². The Morgan fingerprint density at radius 1 is 0.706 bits per heavy atom. The topological polar surface area (TPSA) is 0 Å². The molecule has 0 amide bonds. The summed E-state index contributed by atoms with van der Waals surface area (Å²) >= 11 is 0. The fourth-order valence-electron chi connectivity index (χ4n) is 1.44. The van der Waals surface area contributed by atoms with E-state index in [1.807, 2.05) is 0 Å². The molecule has 0 heterocycles. The van der Waals surface area contributed by atoms with Crippen molar-refractivity contribution in [2.45, 2.75) is 6.92 Å². The molecule has 0 saturated heterocycles. The van der Waals surface area contributed by atoms with Gasteiger partial charge in [0.05, 0.1) is 5.39 Å². The third-order valence-electron chi connectivity index (χ3n) is 2.38. The molecule has 0 aliphatic carbocycles. The van der Waals surface area contributed by atoms with Crippen molar-refractivity contribution in [1.82, 2.24) is 0 Å². The maximum Gasteiger partial charge on any atom is 0.198 e. The zero-order valence-electron chi connectivity index (χ0n) is 8.27. The molecule has 2 aromatic rings. The first-order valence-electron chi connectivity index (χ1n) is 4.38. The minimum Gasteiger partial charge on any atom is -0.206 e. The summed E-state index contributed by atoms with van der Waals surface area (Å²) in [6.45, 7) is 0.944. The van der Waals surface area contributed by atoms with Crippen LogP contribution in [0.25, 0.3) is 10.8 Å². The van der Waals surface area contributed by atoms with E-state index in [-0.39, 0.29) is 0 Å². The first kappa shape index (κ1) is 11.8. The highest BCUT2D eigenvalue weighted by atomic mass is 19.2. The van der Waals surface area contributed by atoms with Crippen LogP contribution < -0.4 is 0 Å². The van der Waals surface area contributed by atoms with Crippen LogP contribution in [-0.2, 0) is 0 Å². The number of rotatable bonds is 0.